The molecule has 1 saturated heterocycles. The third-order valence-electron chi connectivity index (χ3n) is 5.20. The Labute approximate surface area is 163 Å². The molecule has 1 unspecified atom stereocenters. The van der Waals surface area contributed by atoms with E-state index < -0.39 is 9.84 Å². The summed E-state index contributed by atoms with van der Waals surface area (Å²) in [5.74, 6) is 0.299. The normalized spacial score (nSPS) is 17.0. The van der Waals surface area contributed by atoms with Crippen LogP contribution in [0.2, 0.25) is 0 Å². The summed E-state index contributed by atoms with van der Waals surface area (Å²) < 4.78 is 28.5. The van der Waals surface area contributed by atoms with Gasteiger partial charge in [-0.25, -0.2) is 8.42 Å². The van der Waals surface area contributed by atoms with Crippen LogP contribution < -0.4 is 5.32 Å². The molecule has 1 amide bonds. The molecule has 0 aromatic heterocycles. The van der Waals surface area contributed by atoms with Crippen LogP contribution in [-0.2, 0) is 20.3 Å². The summed E-state index contributed by atoms with van der Waals surface area (Å²) in [5.41, 5.74) is 1.14. The highest BCUT2D eigenvalue weighted by Crippen LogP contribution is 2.20. The van der Waals surface area contributed by atoms with Crippen molar-refractivity contribution in [3.05, 3.63) is 35.4 Å². The standard InChI is InChI=1S/C20H32N2O4S/c1-4-17(5-2)19(22-9-11-26-12-10-22)14-21-20(23)18-8-6-7-16(13-18)15-27(3,24)25/h6-8,13,17,19H,4-5,9-12,14-15H2,1-3H3,(H,21,23). The number of amides is 1. The fraction of sp³-hybridized carbons (Fsp3) is 0.650. The van der Waals surface area contributed by atoms with Crippen LogP contribution in [0.4, 0.5) is 0 Å². The van der Waals surface area contributed by atoms with E-state index in [-0.39, 0.29) is 17.7 Å². The smallest absolute Gasteiger partial charge is 0.251 e. The van der Waals surface area contributed by atoms with E-state index in [0.717, 1.165) is 39.1 Å². The SMILES string of the molecule is CCC(CC)C(CNC(=O)c1cccc(CS(C)(=O)=O)c1)N1CCOCC1. The van der Waals surface area contributed by atoms with E-state index in [1.54, 1.807) is 24.3 Å². The van der Waals surface area contributed by atoms with Gasteiger partial charge in [0, 0.05) is 37.5 Å². The molecule has 1 atom stereocenters. The molecule has 27 heavy (non-hydrogen) atoms. The van der Waals surface area contributed by atoms with Crippen molar-refractivity contribution in [1.29, 1.82) is 0 Å². The van der Waals surface area contributed by atoms with Crippen molar-refractivity contribution in [1.82, 2.24) is 10.2 Å². The van der Waals surface area contributed by atoms with Gasteiger partial charge in [-0.3, -0.25) is 9.69 Å². The summed E-state index contributed by atoms with van der Waals surface area (Å²) >= 11 is 0. The van der Waals surface area contributed by atoms with E-state index in [0.29, 0.717) is 23.6 Å². The van der Waals surface area contributed by atoms with Crippen molar-refractivity contribution < 1.29 is 17.9 Å². The summed E-state index contributed by atoms with van der Waals surface area (Å²) in [6, 6.07) is 7.14. The van der Waals surface area contributed by atoms with E-state index in [9.17, 15) is 13.2 Å². The third kappa shape index (κ3) is 6.90. The number of rotatable bonds is 9. The van der Waals surface area contributed by atoms with Gasteiger partial charge in [-0.1, -0.05) is 38.8 Å². The number of hydrogen-bond donors (Lipinski definition) is 1. The molecule has 0 saturated carbocycles. The highest BCUT2D eigenvalue weighted by Gasteiger charge is 2.27. The van der Waals surface area contributed by atoms with Gasteiger partial charge in [0.1, 0.15) is 0 Å². The van der Waals surface area contributed by atoms with Gasteiger partial charge in [-0.2, -0.15) is 0 Å². The van der Waals surface area contributed by atoms with Crippen LogP contribution in [0.1, 0.15) is 42.6 Å². The van der Waals surface area contributed by atoms with E-state index in [4.69, 9.17) is 4.74 Å². The molecule has 1 N–H and O–H groups in total. The van der Waals surface area contributed by atoms with E-state index >= 15 is 0 Å². The predicted octanol–water partition coefficient (Wildman–Crippen LogP) is 2.10. The lowest BCUT2D eigenvalue weighted by Crippen LogP contribution is -2.52. The summed E-state index contributed by atoms with van der Waals surface area (Å²) in [6.07, 6.45) is 3.33. The van der Waals surface area contributed by atoms with Crippen LogP contribution in [0.25, 0.3) is 0 Å². The Morgan fingerprint density at radius 1 is 1.22 bits per heavy atom. The van der Waals surface area contributed by atoms with Crippen LogP contribution in [0, 0.1) is 5.92 Å². The van der Waals surface area contributed by atoms with E-state index in [2.05, 4.69) is 24.1 Å². The van der Waals surface area contributed by atoms with Crippen LogP contribution in [0.15, 0.2) is 24.3 Å². The summed E-state index contributed by atoms with van der Waals surface area (Å²) in [7, 11) is -3.13. The molecule has 1 aliphatic heterocycles. The minimum atomic E-state index is -3.13. The second kappa shape index (κ2) is 10.2. The maximum absolute atomic E-state index is 12.6. The molecule has 1 aromatic carbocycles. The fourth-order valence-corrected chi connectivity index (χ4v) is 4.53. The van der Waals surface area contributed by atoms with Crippen LogP contribution >= 0.6 is 0 Å². The van der Waals surface area contributed by atoms with Gasteiger partial charge in [-0.15, -0.1) is 0 Å². The first-order valence-electron chi connectivity index (χ1n) is 9.70. The van der Waals surface area contributed by atoms with E-state index in [1.165, 1.54) is 6.26 Å². The Balaban J connectivity index is 2.05. The number of carbonyl (C=O) groups is 1. The lowest BCUT2D eigenvalue weighted by molar-refractivity contribution is 0.00191. The highest BCUT2D eigenvalue weighted by molar-refractivity contribution is 7.89. The highest BCUT2D eigenvalue weighted by atomic mass is 32.2. The number of carbonyl (C=O) groups excluding carboxylic acids is 1. The van der Waals surface area contributed by atoms with E-state index in [1.807, 2.05) is 0 Å². The molecule has 1 aromatic rings. The zero-order chi connectivity index (χ0) is 19.9. The Hall–Kier alpha value is -1.44. The summed E-state index contributed by atoms with van der Waals surface area (Å²) in [6.45, 7) is 8.22. The molecule has 0 bridgehead atoms. The number of nitrogens with one attached hydrogen (secondary N) is 1. The molecular formula is C20H32N2O4S. The predicted molar refractivity (Wildman–Crippen MR) is 108 cm³/mol. The zero-order valence-corrected chi connectivity index (χ0v) is 17.4. The Bertz CT molecular complexity index is 710. The van der Waals surface area contributed by atoms with Crippen molar-refractivity contribution in [2.45, 2.75) is 38.5 Å². The maximum Gasteiger partial charge on any atom is 0.251 e. The number of benzene rings is 1. The first-order chi connectivity index (χ1) is 12.8. The lowest BCUT2D eigenvalue weighted by Gasteiger charge is -2.38. The average molecular weight is 397 g/mol. The molecular weight excluding hydrogens is 364 g/mol. The summed E-state index contributed by atoms with van der Waals surface area (Å²) in [5, 5.41) is 3.06. The Morgan fingerprint density at radius 2 is 1.89 bits per heavy atom. The van der Waals surface area contributed by atoms with Gasteiger partial charge >= 0.3 is 0 Å². The molecule has 0 aliphatic carbocycles. The van der Waals surface area contributed by atoms with Crippen molar-refractivity contribution >= 4 is 15.7 Å². The minimum absolute atomic E-state index is 0.0573. The first-order valence-corrected chi connectivity index (χ1v) is 11.8. The molecule has 0 spiro atoms. The van der Waals surface area contributed by atoms with Crippen LogP contribution in [0.5, 0.6) is 0 Å². The molecule has 6 nitrogen and oxygen atoms in total. The van der Waals surface area contributed by atoms with Crippen LogP contribution in [-0.4, -0.2) is 64.4 Å². The Morgan fingerprint density at radius 3 is 2.48 bits per heavy atom. The quantitative estimate of drug-likeness (QED) is 0.692. The molecule has 152 valence electrons. The van der Waals surface area contributed by atoms with Gasteiger partial charge in [0.05, 0.1) is 19.0 Å². The fourth-order valence-electron chi connectivity index (χ4n) is 3.74. The van der Waals surface area contributed by atoms with Gasteiger partial charge in [0.2, 0.25) is 0 Å². The molecule has 7 heteroatoms. The van der Waals surface area contributed by atoms with Gasteiger partial charge in [0.25, 0.3) is 5.91 Å². The van der Waals surface area contributed by atoms with Gasteiger partial charge in [0.15, 0.2) is 9.84 Å². The van der Waals surface area contributed by atoms with Crippen molar-refractivity contribution in [3.63, 3.8) is 0 Å². The first kappa shape index (κ1) is 21.9. The Kier molecular flexibility index (Phi) is 8.26. The van der Waals surface area contributed by atoms with Gasteiger partial charge in [-0.05, 0) is 23.6 Å². The second-order valence-corrected chi connectivity index (χ2v) is 9.41. The lowest BCUT2D eigenvalue weighted by atomic mass is 9.92. The molecule has 1 aliphatic rings. The number of ether oxygens (including phenoxy) is 1. The minimum Gasteiger partial charge on any atom is -0.379 e. The topological polar surface area (TPSA) is 75.7 Å². The average Bonchev–Trinajstić information content (AvgIpc) is 2.64. The number of nitrogens with zero attached hydrogens (tertiary/aromatic N) is 1. The monoisotopic (exact) mass is 396 g/mol. The van der Waals surface area contributed by atoms with Gasteiger partial charge < -0.3 is 10.1 Å². The van der Waals surface area contributed by atoms with Crippen molar-refractivity contribution in [2.75, 3.05) is 39.1 Å². The summed E-state index contributed by atoms with van der Waals surface area (Å²) in [4.78, 5) is 15.1. The largest absolute Gasteiger partial charge is 0.379 e. The third-order valence-corrected chi connectivity index (χ3v) is 6.06. The molecule has 2 rings (SSSR count). The molecule has 1 fully saturated rings. The number of morpholine rings is 1. The number of sulfone groups is 1. The number of hydrogen-bond acceptors (Lipinski definition) is 5. The molecule has 1 heterocycles. The molecule has 0 radical (unpaired) electrons. The van der Waals surface area contributed by atoms with Crippen LogP contribution in [0.3, 0.4) is 0 Å². The second-order valence-electron chi connectivity index (χ2n) is 7.27. The van der Waals surface area contributed by atoms with Crippen molar-refractivity contribution in [2.24, 2.45) is 5.92 Å². The maximum atomic E-state index is 12.6. The zero-order valence-electron chi connectivity index (χ0n) is 16.6. The van der Waals surface area contributed by atoms with Crippen molar-refractivity contribution in [3.8, 4) is 0 Å².